The van der Waals surface area contributed by atoms with Gasteiger partial charge in [-0.3, -0.25) is 4.79 Å². The summed E-state index contributed by atoms with van der Waals surface area (Å²) in [4.78, 5) is 12.6. The van der Waals surface area contributed by atoms with Crippen LogP contribution in [0.4, 0.5) is 0 Å². The van der Waals surface area contributed by atoms with Gasteiger partial charge < -0.3 is 14.5 Å². The van der Waals surface area contributed by atoms with E-state index in [0.29, 0.717) is 17.3 Å². The third-order valence-electron chi connectivity index (χ3n) is 5.79. The van der Waals surface area contributed by atoms with Gasteiger partial charge in [-0.2, -0.15) is 0 Å². The molecule has 0 aliphatic carbocycles. The maximum atomic E-state index is 12.6. The highest BCUT2D eigenvalue weighted by Gasteiger charge is 2.18. The Bertz CT molecular complexity index is 1350. The number of benzene rings is 3. The predicted octanol–water partition coefficient (Wildman–Crippen LogP) is 7.10. The van der Waals surface area contributed by atoms with Crippen molar-refractivity contribution in [3.8, 4) is 16.9 Å². The lowest BCUT2D eigenvalue weighted by Crippen LogP contribution is -2.20. The summed E-state index contributed by atoms with van der Waals surface area (Å²) in [5.74, 6) is 0.498. The molecule has 0 saturated heterocycles. The fourth-order valence-corrected chi connectivity index (χ4v) is 4.18. The number of methoxy groups -OCH3 is 1. The summed E-state index contributed by atoms with van der Waals surface area (Å²) >= 11 is 6.19. The van der Waals surface area contributed by atoms with E-state index in [0.717, 1.165) is 44.4 Å². The van der Waals surface area contributed by atoms with E-state index in [1.807, 2.05) is 44.2 Å². The van der Waals surface area contributed by atoms with E-state index >= 15 is 0 Å². The van der Waals surface area contributed by atoms with Crippen molar-refractivity contribution in [2.45, 2.75) is 27.3 Å². The number of allylic oxidation sites excluding steroid dienone is 1. The largest absolute Gasteiger partial charge is 0.496 e. The third kappa shape index (κ3) is 4.67. The molecule has 0 unspecified atom stereocenters. The van der Waals surface area contributed by atoms with Crippen molar-refractivity contribution in [3.63, 3.8) is 0 Å². The van der Waals surface area contributed by atoms with Gasteiger partial charge in [-0.15, -0.1) is 0 Å². The molecular weight excluding hydrogens is 434 g/mol. The molecule has 1 amide bonds. The first-order valence-electron chi connectivity index (χ1n) is 10.7. The quantitative estimate of drug-likeness (QED) is 0.313. The van der Waals surface area contributed by atoms with Crippen molar-refractivity contribution in [3.05, 3.63) is 94.2 Å². The van der Waals surface area contributed by atoms with Gasteiger partial charge in [0, 0.05) is 39.7 Å². The van der Waals surface area contributed by atoms with Crippen molar-refractivity contribution < 1.29 is 13.9 Å². The van der Waals surface area contributed by atoms with E-state index in [1.165, 1.54) is 5.56 Å². The molecule has 0 atom stereocenters. The molecule has 0 aliphatic heterocycles. The van der Waals surface area contributed by atoms with Crippen LogP contribution in [-0.2, 0) is 11.3 Å². The fraction of sp³-hybridized carbons (Fsp3) is 0.179. The van der Waals surface area contributed by atoms with E-state index < -0.39 is 0 Å². The van der Waals surface area contributed by atoms with Gasteiger partial charge >= 0.3 is 0 Å². The van der Waals surface area contributed by atoms with Crippen molar-refractivity contribution in [1.82, 2.24) is 5.32 Å². The first-order chi connectivity index (χ1) is 15.9. The van der Waals surface area contributed by atoms with Crippen LogP contribution in [-0.4, -0.2) is 13.0 Å². The minimum Gasteiger partial charge on any atom is -0.496 e. The van der Waals surface area contributed by atoms with Crippen molar-refractivity contribution in [1.29, 1.82) is 0 Å². The number of aryl methyl sites for hydroxylation is 2. The number of furan rings is 1. The number of nitrogens with one attached hydrogen (secondary N) is 1. The van der Waals surface area contributed by atoms with Crippen LogP contribution in [0.2, 0.25) is 5.02 Å². The summed E-state index contributed by atoms with van der Waals surface area (Å²) in [7, 11) is 1.63. The Balaban J connectivity index is 1.69. The molecule has 0 radical (unpaired) electrons. The first-order valence-corrected chi connectivity index (χ1v) is 11.1. The Morgan fingerprint density at radius 1 is 1.12 bits per heavy atom. The Hall–Kier alpha value is -3.50. The molecule has 5 heteroatoms. The zero-order valence-corrected chi connectivity index (χ0v) is 19.9. The van der Waals surface area contributed by atoms with Gasteiger partial charge in [0.05, 0.1) is 13.4 Å². The van der Waals surface area contributed by atoms with E-state index in [-0.39, 0.29) is 5.91 Å². The summed E-state index contributed by atoms with van der Waals surface area (Å²) < 4.78 is 11.6. The molecule has 168 valence electrons. The zero-order chi connectivity index (χ0) is 23.5. The van der Waals surface area contributed by atoms with Crippen molar-refractivity contribution >= 4 is 34.1 Å². The lowest BCUT2D eigenvalue weighted by Gasteiger charge is -2.13. The second kappa shape index (κ2) is 9.55. The van der Waals surface area contributed by atoms with Crippen LogP contribution in [0.1, 0.15) is 29.2 Å². The maximum Gasteiger partial charge on any atom is 0.244 e. The lowest BCUT2D eigenvalue weighted by atomic mass is 9.96. The van der Waals surface area contributed by atoms with Crippen LogP contribution in [0, 0.1) is 13.8 Å². The third-order valence-corrected chi connectivity index (χ3v) is 6.16. The number of fused-ring (bicyclic) bond motifs is 1. The number of ether oxygens (including phenoxy) is 1. The van der Waals surface area contributed by atoms with Gasteiger partial charge in [0.25, 0.3) is 0 Å². The molecule has 0 aliphatic rings. The molecule has 4 nitrogen and oxygen atoms in total. The Labute approximate surface area is 198 Å². The van der Waals surface area contributed by atoms with Gasteiger partial charge in [-0.1, -0.05) is 59.6 Å². The van der Waals surface area contributed by atoms with Gasteiger partial charge in [0.15, 0.2) is 0 Å². The van der Waals surface area contributed by atoms with Crippen LogP contribution in [0.3, 0.4) is 0 Å². The second-order valence-electron chi connectivity index (χ2n) is 8.11. The maximum absolute atomic E-state index is 12.6. The smallest absolute Gasteiger partial charge is 0.244 e. The summed E-state index contributed by atoms with van der Waals surface area (Å²) in [6.07, 6.45) is 3.37. The number of rotatable bonds is 6. The van der Waals surface area contributed by atoms with Gasteiger partial charge in [-0.05, 0) is 49.6 Å². The summed E-state index contributed by atoms with van der Waals surface area (Å²) in [5.41, 5.74) is 7.48. The van der Waals surface area contributed by atoms with Crippen molar-refractivity contribution in [2.24, 2.45) is 0 Å². The number of amides is 1. The molecule has 4 rings (SSSR count). The van der Waals surface area contributed by atoms with E-state index in [1.54, 1.807) is 19.4 Å². The summed E-state index contributed by atoms with van der Waals surface area (Å²) in [5, 5.41) is 4.52. The Morgan fingerprint density at radius 3 is 2.55 bits per heavy atom. The van der Waals surface area contributed by atoms with E-state index in [4.69, 9.17) is 20.8 Å². The number of hydrogen-bond donors (Lipinski definition) is 1. The highest BCUT2D eigenvalue weighted by molar-refractivity contribution is 6.31. The molecule has 0 saturated carbocycles. The van der Waals surface area contributed by atoms with Crippen LogP contribution in [0.5, 0.6) is 5.75 Å². The van der Waals surface area contributed by atoms with Crippen LogP contribution >= 0.6 is 11.6 Å². The Morgan fingerprint density at radius 2 is 1.85 bits per heavy atom. The molecular formula is C28H26ClNO3. The minimum absolute atomic E-state index is 0.196. The second-order valence-corrected chi connectivity index (χ2v) is 8.52. The highest BCUT2D eigenvalue weighted by atomic mass is 35.5. The number of halogens is 1. The SMILES string of the molecule is COc1c(/C(C)=C/C(=O)NCc2ccccc2Cl)cc2c(-c3ccc(C)cc3)coc2c1C. The van der Waals surface area contributed by atoms with E-state index in [9.17, 15) is 4.79 Å². The minimum atomic E-state index is -0.196. The molecule has 4 aromatic rings. The van der Waals surface area contributed by atoms with E-state index in [2.05, 4.69) is 36.5 Å². The highest BCUT2D eigenvalue weighted by Crippen LogP contribution is 2.40. The standard InChI is InChI=1S/C28H26ClNO3/c1-17-9-11-20(12-10-17)24-16-33-28-19(3)27(32-4)22(14-23(24)28)18(2)13-26(31)30-15-21-7-5-6-8-25(21)29/h5-14,16H,15H2,1-4H3,(H,30,31)/b18-13+. The number of carbonyl (C=O) groups is 1. The first kappa shape index (κ1) is 22.7. The lowest BCUT2D eigenvalue weighted by molar-refractivity contribution is -0.116. The average molecular weight is 460 g/mol. The molecule has 0 bridgehead atoms. The molecule has 0 fully saturated rings. The monoisotopic (exact) mass is 459 g/mol. The predicted molar refractivity (Wildman–Crippen MR) is 135 cm³/mol. The number of carbonyl (C=O) groups excluding carboxylic acids is 1. The molecule has 0 spiro atoms. The zero-order valence-electron chi connectivity index (χ0n) is 19.2. The fourth-order valence-electron chi connectivity index (χ4n) is 3.98. The van der Waals surface area contributed by atoms with Gasteiger partial charge in [0.2, 0.25) is 5.91 Å². The number of hydrogen-bond acceptors (Lipinski definition) is 3. The summed E-state index contributed by atoms with van der Waals surface area (Å²) in [6.45, 7) is 6.30. The van der Waals surface area contributed by atoms with Gasteiger partial charge in [-0.25, -0.2) is 0 Å². The molecule has 3 aromatic carbocycles. The summed E-state index contributed by atoms with van der Waals surface area (Å²) in [6, 6.07) is 17.8. The Kier molecular flexibility index (Phi) is 6.57. The molecule has 33 heavy (non-hydrogen) atoms. The van der Waals surface area contributed by atoms with Crippen LogP contribution < -0.4 is 10.1 Å². The average Bonchev–Trinajstić information content (AvgIpc) is 3.23. The molecule has 1 heterocycles. The van der Waals surface area contributed by atoms with Crippen LogP contribution in [0.25, 0.3) is 27.7 Å². The topological polar surface area (TPSA) is 51.5 Å². The molecule has 1 N–H and O–H groups in total. The van der Waals surface area contributed by atoms with Gasteiger partial charge in [0.1, 0.15) is 11.3 Å². The van der Waals surface area contributed by atoms with Crippen molar-refractivity contribution in [2.75, 3.05) is 7.11 Å². The normalized spacial score (nSPS) is 11.6. The molecule has 1 aromatic heterocycles. The van der Waals surface area contributed by atoms with Crippen LogP contribution in [0.15, 0.2) is 71.4 Å².